The zero-order valence-corrected chi connectivity index (χ0v) is 11.9. The highest BCUT2D eigenvalue weighted by Gasteiger charge is 2.34. The molecule has 0 aliphatic heterocycles. The Morgan fingerprint density at radius 3 is 2.19 bits per heavy atom. The summed E-state index contributed by atoms with van der Waals surface area (Å²) in [6.07, 6.45) is 8.33. The number of unbranched alkanes of at least 4 members (excludes halogenated alkanes) is 1. The van der Waals surface area contributed by atoms with Crippen molar-refractivity contribution in [2.24, 2.45) is 17.3 Å². The van der Waals surface area contributed by atoms with Crippen molar-refractivity contribution in [3.05, 3.63) is 0 Å². The Balaban J connectivity index is 0.000000385. The van der Waals surface area contributed by atoms with Crippen molar-refractivity contribution < 1.29 is 4.79 Å². The molecule has 2 unspecified atom stereocenters. The van der Waals surface area contributed by atoms with Gasteiger partial charge in [-0.25, -0.2) is 0 Å². The Kier molecular flexibility index (Phi) is 7.70. The minimum atomic E-state index is 0.617. The van der Waals surface area contributed by atoms with E-state index >= 15 is 0 Å². The topological polar surface area (TPSA) is 17.1 Å². The summed E-state index contributed by atoms with van der Waals surface area (Å²) in [6.45, 7) is 11.6. The van der Waals surface area contributed by atoms with Gasteiger partial charge in [0.05, 0.1) is 0 Å². The molecule has 0 aromatic rings. The van der Waals surface area contributed by atoms with Crippen LogP contribution in [0.5, 0.6) is 0 Å². The van der Waals surface area contributed by atoms with Crippen LogP contribution in [0.4, 0.5) is 0 Å². The molecule has 1 nitrogen and oxygen atoms in total. The Bertz CT molecular complexity index is 184. The van der Waals surface area contributed by atoms with Crippen LogP contribution in [0.25, 0.3) is 0 Å². The van der Waals surface area contributed by atoms with Gasteiger partial charge in [0.15, 0.2) is 0 Å². The maximum absolute atomic E-state index is 9.40. The maximum atomic E-state index is 9.40. The molecule has 1 saturated carbocycles. The third-order valence-corrected chi connectivity index (χ3v) is 4.02. The molecule has 1 heteroatoms. The largest absolute Gasteiger partial charge is 0.303 e. The molecule has 0 aromatic heterocycles. The van der Waals surface area contributed by atoms with E-state index in [1.54, 1.807) is 0 Å². The number of carbonyl (C=O) groups excluding carboxylic acids is 1. The van der Waals surface area contributed by atoms with Gasteiger partial charge in [0.25, 0.3) is 0 Å². The van der Waals surface area contributed by atoms with E-state index < -0.39 is 0 Å². The Morgan fingerprint density at radius 2 is 1.94 bits per heavy atom. The van der Waals surface area contributed by atoms with Gasteiger partial charge >= 0.3 is 0 Å². The Morgan fingerprint density at radius 1 is 1.31 bits per heavy atom. The summed E-state index contributed by atoms with van der Waals surface area (Å²) >= 11 is 0. The lowest BCUT2D eigenvalue weighted by molar-refractivity contribution is -0.107. The monoisotopic (exact) mass is 226 g/mol. The predicted octanol–water partition coefficient (Wildman–Crippen LogP) is 4.84. The van der Waals surface area contributed by atoms with Crippen LogP contribution in [-0.4, -0.2) is 6.29 Å². The zero-order chi connectivity index (χ0) is 12.6. The highest BCUT2D eigenvalue weighted by atomic mass is 16.1. The van der Waals surface area contributed by atoms with Crippen LogP contribution in [0, 0.1) is 17.3 Å². The van der Waals surface area contributed by atoms with Gasteiger partial charge in [-0.2, -0.15) is 0 Å². The molecule has 1 rings (SSSR count). The van der Waals surface area contributed by atoms with Crippen LogP contribution in [0.3, 0.4) is 0 Å². The van der Waals surface area contributed by atoms with Crippen LogP contribution < -0.4 is 0 Å². The lowest BCUT2D eigenvalue weighted by Crippen LogP contribution is -2.32. The van der Waals surface area contributed by atoms with Crippen molar-refractivity contribution >= 4 is 6.29 Å². The standard InChI is InChI=1S/C11H22.C4H8O/c1-5-10-9(2)7-6-8-11(10,3)4;1-2-3-4-5/h9-10H,5-8H2,1-4H3;4H,2-3H2,1H3. The molecule has 0 amide bonds. The minimum absolute atomic E-state index is 0.617. The van der Waals surface area contributed by atoms with Crippen molar-refractivity contribution in [3.63, 3.8) is 0 Å². The van der Waals surface area contributed by atoms with Crippen molar-refractivity contribution in [1.29, 1.82) is 0 Å². The minimum Gasteiger partial charge on any atom is -0.303 e. The summed E-state index contributed by atoms with van der Waals surface area (Å²) in [5.74, 6) is 1.93. The first-order valence-electron chi connectivity index (χ1n) is 6.93. The van der Waals surface area contributed by atoms with Gasteiger partial charge in [-0.1, -0.05) is 53.9 Å². The van der Waals surface area contributed by atoms with E-state index in [4.69, 9.17) is 0 Å². The van der Waals surface area contributed by atoms with Gasteiger partial charge < -0.3 is 4.79 Å². The second-order valence-corrected chi connectivity index (χ2v) is 5.83. The zero-order valence-electron chi connectivity index (χ0n) is 11.9. The third kappa shape index (κ3) is 5.14. The molecule has 0 bridgehead atoms. The smallest absolute Gasteiger partial charge is 0.119 e. The molecular formula is C15H30O. The number of hydrogen-bond acceptors (Lipinski definition) is 1. The first-order chi connectivity index (χ1) is 7.49. The van der Waals surface area contributed by atoms with E-state index in [-0.39, 0.29) is 0 Å². The highest BCUT2D eigenvalue weighted by Crippen LogP contribution is 2.45. The van der Waals surface area contributed by atoms with E-state index in [1.165, 1.54) is 25.7 Å². The normalized spacial score (nSPS) is 27.8. The van der Waals surface area contributed by atoms with Gasteiger partial charge in [0, 0.05) is 6.42 Å². The van der Waals surface area contributed by atoms with Crippen LogP contribution in [0.15, 0.2) is 0 Å². The lowest BCUT2D eigenvalue weighted by Gasteiger charge is -2.42. The average Bonchev–Trinajstić information content (AvgIpc) is 2.19. The van der Waals surface area contributed by atoms with Gasteiger partial charge in [-0.15, -0.1) is 0 Å². The molecule has 16 heavy (non-hydrogen) atoms. The number of carbonyl (C=O) groups is 1. The van der Waals surface area contributed by atoms with E-state index in [9.17, 15) is 4.79 Å². The molecule has 0 N–H and O–H groups in total. The molecule has 0 radical (unpaired) electrons. The van der Waals surface area contributed by atoms with Crippen LogP contribution >= 0.6 is 0 Å². The maximum Gasteiger partial charge on any atom is 0.119 e. The predicted molar refractivity (Wildman–Crippen MR) is 71.5 cm³/mol. The first-order valence-corrected chi connectivity index (χ1v) is 6.93. The number of rotatable bonds is 3. The molecule has 0 aromatic carbocycles. The summed E-state index contributed by atoms with van der Waals surface area (Å²) < 4.78 is 0. The average molecular weight is 226 g/mol. The molecule has 1 aliphatic rings. The lowest BCUT2D eigenvalue weighted by atomic mass is 9.63. The van der Waals surface area contributed by atoms with Gasteiger partial charge in [0.2, 0.25) is 0 Å². The number of hydrogen-bond donors (Lipinski definition) is 0. The summed E-state index contributed by atoms with van der Waals surface area (Å²) in [4.78, 5) is 9.40. The fourth-order valence-electron chi connectivity index (χ4n) is 3.11. The van der Waals surface area contributed by atoms with Gasteiger partial charge in [0.1, 0.15) is 6.29 Å². The fourth-order valence-corrected chi connectivity index (χ4v) is 3.11. The quantitative estimate of drug-likeness (QED) is 0.629. The molecule has 1 aliphatic carbocycles. The van der Waals surface area contributed by atoms with Crippen LogP contribution in [-0.2, 0) is 4.79 Å². The molecule has 0 heterocycles. The third-order valence-electron chi connectivity index (χ3n) is 4.02. The molecule has 1 fully saturated rings. The second-order valence-electron chi connectivity index (χ2n) is 5.83. The van der Waals surface area contributed by atoms with Crippen molar-refractivity contribution in [3.8, 4) is 0 Å². The Labute approximate surface area is 102 Å². The summed E-state index contributed by atoms with van der Waals surface area (Å²) in [7, 11) is 0. The molecular weight excluding hydrogens is 196 g/mol. The van der Waals surface area contributed by atoms with E-state index in [1.807, 2.05) is 6.92 Å². The van der Waals surface area contributed by atoms with E-state index in [2.05, 4.69) is 27.7 Å². The second kappa shape index (κ2) is 7.86. The summed E-state index contributed by atoms with van der Waals surface area (Å²) in [5, 5.41) is 0. The Hall–Kier alpha value is -0.330. The molecule has 0 saturated heterocycles. The van der Waals surface area contributed by atoms with Crippen LogP contribution in [0.2, 0.25) is 0 Å². The number of aldehydes is 1. The molecule has 96 valence electrons. The van der Waals surface area contributed by atoms with Crippen molar-refractivity contribution in [2.75, 3.05) is 0 Å². The summed E-state index contributed by atoms with van der Waals surface area (Å²) in [6, 6.07) is 0. The van der Waals surface area contributed by atoms with Gasteiger partial charge in [-0.3, -0.25) is 0 Å². The SMILES string of the molecule is CCC1C(C)CCCC1(C)C.CCCC=O. The fraction of sp³-hybridized carbons (Fsp3) is 0.933. The van der Waals surface area contributed by atoms with Crippen molar-refractivity contribution in [1.82, 2.24) is 0 Å². The van der Waals surface area contributed by atoms with Crippen LogP contribution in [0.1, 0.15) is 73.1 Å². The van der Waals surface area contributed by atoms with E-state index in [0.29, 0.717) is 11.8 Å². The summed E-state index contributed by atoms with van der Waals surface area (Å²) in [5.41, 5.74) is 0.617. The molecule has 2 atom stereocenters. The molecule has 0 spiro atoms. The van der Waals surface area contributed by atoms with E-state index in [0.717, 1.165) is 24.5 Å². The van der Waals surface area contributed by atoms with Gasteiger partial charge in [-0.05, 0) is 30.1 Å². The van der Waals surface area contributed by atoms with Crippen molar-refractivity contribution in [2.45, 2.75) is 73.1 Å². The first kappa shape index (κ1) is 15.7. The highest BCUT2D eigenvalue weighted by molar-refractivity contribution is 5.48.